The van der Waals surface area contributed by atoms with Crippen molar-refractivity contribution in [2.45, 2.75) is 32.1 Å². The van der Waals surface area contributed by atoms with Gasteiger partial charge in [-0.15, -0.1) is 0 Å². The van der Waals surface area contributed by atoms with Gasteiger partial charge in [0.05, 0.1) is 24.0 Å². The topological polar surface area (TPSA) is 68.3 Å². The van der Waals surface area contributed by atoms with E-state index in [0.29, 0.717) is 13.0 Å². The van der Waals surface area contributed by atoms with Crippen LogP contribution in [0.2, 0.25) is 0 Å². The summed E-state index contributed by atoms with van der Waals surface area (Å²) in [5.74, 6) is 0.425. The molecule has 0 bridgehead atoms. The molecule has 31 heavy (non-hydrogen) atoms. The van der Waals surface area contributed by atoms with Crippen LogP contribution in [-0.2, 0) is 18.3 Å². The number of aryl methyl sites for hydroxylation is 2. The quantitative estimate of drug-likeness (QED) is 0.513. The van der Waals surface area contributed by atoms with Crippen molar-refractivity contribution in [1.82, 2.24) is 29.0 Å². The summed E-state index contributed by atoms with van der Waals surface area (Å²) >= 11 is 0. The minimum absolute atomic E-state index is 0.158. The Morgan fingerprint density at radius 1 is 1.16 bits per heavy atom. The van der Waals surface area contributed by atoms with Crippen molar-refractivity contribution in [2.24, 2.45) is 7.05 Å². The van der Waals surface area contributed by atoms with Crippen molar-refractivity contribution in [3.8, 4) is 11.1 Å². The second-order valence-electron chi connectivity index (χ2n) is 8.30. The van der Waals surface area contributed by atoms with Crippen LogP contribution in [0.25, 0.3) is 16.8 Å². The minimum Gasteiger partial charge on any atom is -0.342 e. The van der Waals surface area contributed by atoms with Crippen LogP contribution in [-0.4, -0.2) is 48.0 Å². The highest BCUT2D eigenvalue weighted by atomic mass is 16.2. The molecule has 4 aromatic rings. The second kappa shape index (κ2) is 7.98. The van der Waals surface area contributed by atoms with E-state index in [1.54, 1.807) is 4.68 Å². The fraction of sp³-hybridized carbons (Fsp3) is 0.333. The zero-order valence-electron chi connectivity index (χ0n) is 17.9. The van der Waals surface area contributed by atoms with E-state index in [4.69, 9.17) is 4.98 Å². The van der Waals surface area contributed by atoms with E-state index in [1.807, 2.05) is 66.3 Å². The Bertz CT molecular complexity index is 1220. The molecule has 5 heterocycles. The fourth-order valence-corrected chi connectivity index (χ4v) is 4.47. The number of imidazole rings is 1. The van der Waals surface area contributed by atoms with E-state index < -0.39 is 0 Å². The monoisotopic (exact) mass is 414 g/mol. The van der Waals surface area contributed by atoms with Gasteiger partial charge in [0.1, 0.15) is 5.65 Å². The van der Waals surface area contributed by atoms with E-state index in [-0.39, 0.29) is 11.8 Å². The highest BCUT2D eigenvalue weighted by Gasteiger charge is 2.26. The lowest BCUT2D eigenvalue weighted by molar-refractivity contribution is -0.131. The first kappa shape index (κ1) is 19.5. The largest absolute Gasteiger partial charge is 0.342 e. The molecule has 4 aromatic heterocycles. The number of hydrogen-bond donors (Lipinski definition) is 0. The average Bonchev–Trinajstić information content (AvgIpc) is 3.37. The van der Waals surface area contributed by atoms with Gasteiger partial charge in [0.15, 0.2) is 0 Å². The molecule has 1 unspecified atom stereocenters. The maximum Gasteiger partial charge on any atom is 0.228 e. The van der Waals surface area contributed by atoms with Gasteiger partial charge in [0, 0.05) is 61.5 Å². The molecule has 1 aliphatic heterocycles. The first-order valence-electron chi connectivity index (χ1n) is 10.7. The van der Waals surface area contributed by atoms with Crippen molar-refractivity contribution in [2.75, 3.05) is 13.1 Å². The number of pyridine rings is 2. The van der Waals surface area contributed by atoms with Crippen molar-refractivity contribution < 1.29 is 4.79 Å². The lowest BCUT2D eigenvalue weighted by atomic mass is 9.93. The molecule has 0 aromatic carbocycles. The summed E-state index contributed by atoms with van der Waals surface area (Å²) in [4.78, 5) is 24.4. The highest BCUT2D eigenvalue weighted by Crippen LogP contribution is 2.28. The van der Waals surface area contributed by atoms with E-state index in [1.165, 1.54) is 0 Å². The molecule has 1 saturated heterocycles. The predicted molar refractivity (Wildman–Crippen MR) is 119 cm³/mol. The molecule has 7 heteroatoms. The number of nitrogens with zero attached hydrogens (tertiary/aromatic N) is 6. The Kier molecular flexibility index (Phi) is 5.02. The fourth-order valence-electron chi connectivity index (χ4n) is 4.47. The van der Waals surface area contributed by atoms with Gasteiger partial charge in [0.25, 0.3) is 0 Å². The third-order valence-corrected chi connectivity index (χ3v) is 6.16. The zero-order valence-corrected chi connectivity index (χ0v) is 17.9. The normalized spacial score (nSPS) is 16.7. The van der Waals surface area contributed by atoms with Crippen LogP contribution in [0.5, 0.6) is 0 Å². The lowest BCUT2D eigenvalue weighted by Crippen LogP contribution is -2.40. The van der Waals surface area contributed by atoms with Gasteiger partial charge in [0.2, 0.25) is 5.91 Å². The van der Waals surface area contributed by atoms with E-state index in [9.17, 15) is 4.79 Å². The van der Waals surface area contributed by atoms with E-state index in [2.05, 4.69) is 22.2 Å². The molecular weight excluding hydrogens is 388 g/mol. The molecule has 1 aliphatic rings. The van der Waals surface area contributed by atoms with E-state index >= 15 is 0 Å². The van der Waals surface area contributed by atoms with Gasteiger partial charge in [-0.05, 0) is 38.0 Å². The SMILES string of the molecule is Cc1nc2ccccn2c1CC(=O)N1CCCC(c2ccc(-c3cnn(C)c3)cn2)C1. The summed E-state index contributed by atoms with van der Waals surface area (Å²) in [5.41, 5.74) is 5.95. The van der Waals surface area contributed by atoms with Gasteiger partial charge in [-0.1, -0.05) is 12.1 Å². The third-order valence-electron chi connectivity index (χ3n) is 6.16. The molecule has 1 fully saturated rings. The third kappa shape index (κ3) is 3.83. The van der Waals surface area contributed by atoms with Gasteiger partial charge in [-0.2, -0.15) is 5.10 Å². The van der Waals surface area contributed by atoms with Crippen molar-refractivity contribution in [1.29, 1.82) is 0 Å². The summed E-state index contributed by atoms with van der Waals surface area (Å²) in [6, 6.07) is 10.1. The Balaban J connectivity index is 1.29. The maximum atomic E-state index is 13.1. The van der Waals surface area contributed by atoms with Crippen LogP contribution >= 0.6 is 0 Å². The summed E-state index contributed by atoms with van der Waals surface area (Å²) in [6.07, 6.45) is 10.1. The van der Waals surface area contributed by atoms with Gasteiger partial charge in [-0.3, -0.25) is 14.5 Å². The Hall–Kier alpha value is -3.48. The summed E-state index contributed by atoms with van der Waals surface area (Å²) in [7, 11) is 1.91. The Morgan fingerprint density at radius 3 is 2.84 bits per heavy atom. The number of likely N-dealkylation sites (tertiary alicyclic amines) is 1. The molecular formula is C24H26N6O. The van der Waals surface area contributed by atoms with Crippen LogP contribution < -0.4 is 0 Å². The first-order valence-corrected chi connectivity index (χ1v) is 10.7. The van der Waals surface area contributed by atoms with Gasteiger partial charge in [-0.25, -0.2) is 4.98 Å². The molecule has 0 radical (unpaired) electrons. The van der Waals surface area contributed by atoms with E-state index in [0.717, 1.165) is 53.2 Å². The number of fused-ring (bicyclic) bond motifs is 1. The van der Waals surface area contributed by atoms with Crippen LogP contribution in [0, 0.1) is 6.92 Å². The number of carbonyl (C=O) groups is 1. The number of rotatable bonds is 4. The minimum atomic E-state index is 0.158. The number of aromatic nitrogens is 5. The number of amides is 1. The summed E-state index contributed by atoms with van der Waals surface area (Å²) in [5, 5.41) is 4.23. The number of carbonyl (C=O) groups excluding carboxylic acids is 1. The molecule has 158 valence electrons. The highest BCUT2D eigenvalue weighted by molar-refractivity contribution is 5.79. The van der Waals surface area contributed by atoms with Crippen molar-refractivity contribution in [3.05, 3.63) is 72.2 Å². The molecule has 1 atom stereocenters. The number of piperidine rings is 1. The van der Waals surface area contributed by atoms with Gasteiger partial charge >= 0.3 is 0 Å². The van der Waals surface area contributed by atoms with Crippen LogP contribution in [0.1, 0.15) is 35.8 Å². The molecule has 0 spiro atoms. The molecule has 1 amide bonds. The van der Waals surface area contributed by atoms with Crippen LogP contribution in [0.4, 0.5) is 0 Å². The maximum absolute atomic E-state index is 13.1. The second-order valence-corrected chi connectivity index (χ2v) is 8.30. The van der Waals surface area contributed by atoms with Crippen molar-refractivity contribution in [3.63, 3.8) is 0 Å². The zero-order chi connectivity index (χ0) is 21.4. The Morgan fingerprint density at radius 2 is 2.06 bits per heavy atom. The summed E-state index contributed by atoms with van der Waals surface area (Å²) < 4.78 is 3.81. The molecule has 5 rings (SSSR count). The average molecular weight is 415 g/mol. The van der Waals surface area contributed by atoms with Crippen LogP contribution in [0.15, 0.2) is 55.1 Å². The number of hydrogen-bond acceptors (Lipinski definition) is 4. The molecule has 0 aliphatic carbocycles. The standard InChI is InChI=1S/C24H26N6O/c1-17-22(30-11-4-3-7-23(30)27-17)12-24(31)29-10-5-6-19(16-29)21-9-8-18(13-25-21)20-14-26-28(2)15-20/h3-4,7-9,11,13-15,19H,5-6,10,12,16H2,1-2H3. The van der Waals surface area contributed by atoms with Crippen molar-refractivity contribution >= 4 is 11.6 Å². The van der Waals surface area contributed by atoms with Crippen LogP contribution in [0.3, 0.4) is 0 Å². The first-order chi connectivity index (χ1) is 15.1. The molecule has 0 N–H and O–H groups in total. The molecule has 7 nitrogen and oxygen atoms in total. The van der Waals surface area contributed by atoms with Gasteiger partial charge < -0.3 is 9.30 Å². The lowest BCUT2D eigenvalue weighted by Gasteiger charge is -2.32. The molecule has 0 saturated carbocycles. The Labute approximate surface area is 181 Å². The predicted octanol–water partition coefficient (Wildman–Crippen LogP) is 3.39. The smallest absolute Gasteiger partial charge is 0.228 e. The summed E-state index contributed by atoms with van der Waals surface area (Å²) in [6.45, 7) is 3.50.